The Balaban J connectivity index is 1.64. The number of carbonyl (C=O) groups excluding carboxylic acids is 1. The van der Waals surface area contributed by atoms with E-state index in [1.807, 2.05) is 25.1 Å². The highest BCUT2D eigenvalue weighted by Gasteiger charge is 2.31. The van der Waals surface area contributed by atoms with Crippen LogP contribution >= 0.6 is 27.5 Å². The summed E-state index contributed by atoms with van der Waals surface area (Å²) in [6, 6.07) is 19.4. The maximum absolute atomic E-state index is 13.5. The predicted octanol–water partition coefficient (Wildman–Crippen LogP) is 5.19. The monoisotopic (exact) mass is 532 g/mol. The van der Waals surface area contributed by atoms with Crippen molar-refractivity contribution in [2.75, 3.05) is 18.0 Å². The largest absolute Gasteiger partial charge is 0.311 e. The smallest absolute Gasteiger partial charge is 0.243 e. The fraction of sp³-hybridized carbons (Fsp3) is 0.208. The Morgan fingerprint density at radius 2 is 1.75 bits per heavy atom. The molecule has 3 aromatic rings. The third-order valence-electron chi connectivity index (χ3n) is 5.48. The van der Waals surface area contributed by atoms with Gasteiger partial charge in [-0.1, -0.05) is 57.4 Å². The third kappa shape index (κ3) is 4.91. The molecule has 0 saturated carbocycles. The number of nitrogens with zero attached hydrogens (tertiary/aromatic N) is 2. The minimum absolute atomic E-state index is 0.0696. The Morgan fingerprint density at radius 1 is 1.06 bits per heavy atom. The fourth-order valence-corrected chi connectivity index (χ4v) is 5.66. The summed E-state index contributed by atoms with van der Waals surface area (Å²) in [6.07, 6.45) is 0.739. The van der Waals surface area contributed by atoms with Gasteiger partial charge in [-0.3, -0.25) is 4.79 Å². The molecule has 0 fully saturated rings. The van der Waals surface area contributed by atoms with Crippen molar-refractivity contribution in [3.8, 4) is 0 Å². The predicted molar refractivity (Wildman–Crippen MR) is 130 cm³/mol. The fourth-order valence-electron chi connectivity index (χ4n) is 3.74. The zero-order valence-electron chi connectivity index (χ0n) is 17.5. The lowest BCUT2D eigenvalue weighted by molar-refractivity contribution is -0.118. The van der Waals surface area contributed by atoms with Crippen molar-refractivity contribution in [2.45, 2.75) is 24.8 Å². The SMILES string of the molecule is Cc1ccc(S(=O)(=O)N(CC(=O)N2CCc3cc(Br)ccc32)Cc2ccc(Cl)cc2)cc1. The number of benzene rings is 3. The Morgan fingerprint density at radius 3 is 2.44 bits per heavy atom. The summed E-state index contributed by atoms with van der Waals surface area (Å²) < 4.78 is 29.1. The Hall–Kier alpha value is -2.19. The summed E-state index contributed by atoms with van der Waals surface area (Å²) >= 11 is 9.44. The highest BCUT2D eigenvalue weighted by atomic mass is 79.9. The minimum atomic E-state index is -3.89. The summed E-state index contributed by atoms with van der Waals surface area (Å²) in [7, 11) is -3.89. The highest BCUT2D eigenvalue weighted by Crippen LogP contribution is 2.31. The van der Waals surface area contributed by atoms with Gasteiger partial charge in [0.15, 0.2) is 0 Å². The second kappa shape index (κ2) is 9.35. The number of rotatable bonds is 6. The van der Waals surface area contributed by atoms with E-state index in [-0.39, 0.29) is 23.9 Å². The molecule has 32 heavy (non-hydrogen) atoms. The number of carbonyl (C=O) groups is 1. The van der Waals surface area contributed by atoms with Gasteiger partial charge in [-0.15, -0.1) is 0 Å². The van der Waals surface area contributed by atoms with Crippen LogP contribution in [0.4, 0.5) is 5.69 Å². The van der Waals surface area contributed by atoms with E-state index in [9.17, 15) is 13.2 Å². The van der Waals surface area contributed by atoms with Crippen molar-refractivity contribution < 1.29 is 13.2 Å². The van der Waals surface area contributed by atoms with Gasteiger partial charge in [-0.25, -0.2) is 8.42 Å². The first-order chi connectivity index (χ1) is 15.2. The highest BCUT2D eigenvalue weighted by molar-refractivity contribution is 9.10. The summed E-state index contributed by atoms with van der Waals surface area (Å²) in [4.78, 5) is 15.1. The van der Waals surface area contributed by atoms with Crippen molar-refractivity contribution >= 4 is 49.1 Å². The van der Waals surface area contributed by atoms with Gasteiger partial charge in [0.05, 0.1) is 11.4 Å². The first-order valence-electron chi connectivity index (χ1n) is 10.1. The number of fused-ring (bicyclic) bond motifs is 1. The molecule has 166 valence electrons. The van der Waals surface area contributed by atoms with E-state index >= 15 is 0 Å². The molecule has 5 nitrogen and oxygen atoms in total. The molecule has 4 rings (SSSR count). The van der Waals surface area contributed by atoms with Crippen LogP contribution in [0.1, 0.15) is 16.7 Å². The van der Waals surface area contributed by atoms with Crippen LogP contribution in [0.3, 0.4) is 0 Å². The number of hydrogen-bond acceptors (Lipinski definition) is 3. The first kappa shape index (κ1) is 23.0. The van der Waals surface area contributed by atoms with Gasteiger partial charge in [-0.2, -0.15) is 4.31 Å². The number of anilines is 1. The average Bonchev–Trinajstić information content (AvgIpc) is 3.18. The number of aryl methyl sites for hydroxylation is 1. The van der Waals surface area contributed by atoms with Gasteiger partial charge in [0.25, 0.3) is 0 Å². The summed E-state index contributed by atoms with van der Waals surface area (Å²) in [5.41, 5.74) is 3.61. The van der Waals surface area contributed by atoms with E-state index < -0.39 is 10.0 Å². The molecule has 8 heteroatoms. The minimum Gasteiger partial charge on any atom is -0.311 e. The van der Waals surface area contributed by atoms with E-state index in [2.05, 4.69) is 15.9 Å². The molecule has 0 aromatic heterocycles. The zero-order valence-corrected chi connectivity index (χ0v) is 20.6. The number of halogens is 2. The molecule has 0 spiro atoms. The molecule has 1 amide bonds. The lowest BCUT2D eigenvalue weighted by Crippen LogP contribution is -2.42. The van der Waals surface area contributed by atoms with Gasteiger partial charge < -0.3 is 4.90 Å². The Bertz CT molecular complexity index is 1250. The van der Waals surface area contributed by atoms with Gasteiger partial charge in [0, 0.05) is 28.3 Å². The summed E-state index contributed by atoms with van der Waals surface area (Å²) in [5, 5.41) is 0.567. The van der Waals surface area contributed by atoms with Crippen LogP contribution < -0.4 is 4.90 Å². The molecule has 0 N–H and O–H groups in total. The van der Waals surface area contributed by atoms with E-state index in [1.54, 1.807) is 53.4 Å². The van der Waals surface area contributed by atoms with Crippen molar-refractivity contribution in [3.05, 3.63) is 92.9 Å². The molecular weight excluding hydrogens is 512 g/mol. The van der Waals surface area contributed by atoms with E-state index in [1.165, 1.54) is 4.31 Å². The van der Waals surface area contributed by atoms with Crippen molar-refractivity contribution in [2.24, 2.45) is 0 Å². The van der Waals surface area contributed by atoms with Crippen LogP contribution in [-0.4, -0.2) is 31.7 Å². The maximum atomic E-state index is 13.5. The van der Waals surface area contributed by atoms with Gasteiger partial charge in [0.1, 0.15) is 0 Å². The van der Waals surface area contributed by atoms with Gasteiger partial charge >= 0.3 is 0 Å². The zero-order chi connectivity index (χ0) is 22.9. The summed E-state index contributed by atoms with van der Waals surface area (Å²) in [6.45, 7) is 2.24. The topological polar surface area (TPSA) is 57.7 Å². The second-order valence-electron chi connectivity index (χ2n) is 7.78. The molecule has 0 atom stereocenters. The van der Waals surface area contributed by atoms with Crippen molar-refractivity contribution in [1.82, 2.24) is 4.31 Å². The summed E-state index contributed by atoms with van der Waals surface area (Å²) in [5.74, 6) is -0.254. The molecule has 1 heterocycles. The van der Waals surface area contributed by atoms with Crippen LogP contribution in [-0.2, 0) is 27.8 Å². The third-order valence-corrected chi connectivity index (χ3v) is 8.03. The molecule has 0 saturated heterocycles. The van der Waals surface area contributed by atoms with Crippen LogP contribution in [0.15, 0.2) is 76.1 Å². The number of hydrogen-bond donors (Lipinski definition) is 0. The van der Waals surface area contributed by atoms with Crippen LogP contribution in [0, 0.1) is 6.92 Å². The molecule has 1 aliphatic rings. The average molecular weight is 534 g/mol. The quantitative estimate of drug-likeness (QED) is 0.438. The van der Waals surface area contributed by atoms with Crippen LogP contribution in [0.2, 0.25) is 5.02 Å². The first-order valence-corrected chi connectivity index (χ1v) is 12.8. The van der Waals surface area contributed by atoms with E-state index in [4.69, 9.17) is 11.6 Å². The van der Waals surface area contributed by atoms with Crippen LogP contribution in [0.25, 0.3) is 0 Å². The second-order valence-corrected chi connectivity index (χ2v) is 11.1. The van der Waals surface area contributed by atoms with Gasteiger partial charge in [0.2, 0.25) is 15.9 Å². The molecule has 0 aliphatic carbocycles. The van der Waals surface area contributed by atoms with Crippen molar-refractivity contribution in [1.29, 1.82) is 0 Å². The Kier molecular flexibility index (Phi) is 6.72. The van der Waals surface area contributed by atoms with E-state index in [0.717, 1.165) is 33.3 Å². The lowest BCUT2D eigenvalue weighted by Gasteiger charge is -2.25. The van der Waals surface area contributed by atoms with Crippen molar-refractivity contribution in [3.63, 3.8) is 0 Å². The normalized spacial score (nSPS) is 13.4. The Labute approximate surface area is 201 Å². The molecular formula is C24H22BrClN2O3S. The van der Waals surface area contributed by atoms with Crippen LogP contribution in [0.5, 0.6) is 0 Å². The molecule has 3 aromatic carbocycles. The maximum Gasteiger partial charge on any atom is 0.243 e. The molecule has 0 unspecified atom stereocenters. The number of amides is 1. The van der Waals surface area contributed by atoms with Gasteiger partial charge in [-0.05, 0) is 66.9 Å². The lowest BCUT2D eigenvalue weighted by atomic mass is 10.2. The standard InChI is InChI=1S/C24H22BrClN2O3S/c1-17-2-9-22(10-3-17)32(30,31)27(15-18-4-7-21(26)8-5-18)16-24(29)28-13-12-19-14-20(25)6-11-23(19)28/h2-11,14H,12-13,15-16H2,1H3. The molecule has 1 aliphatic heterocycles. The molecule has 0 bridgehead atoms. The van der Waals surface area contributed by atoms with E-state index in [0.29, 0.717) is 11.6 Å². The number of sulfonamides is 1. The molecule has 0 radical (unpaired) electrons.